The molecule has 0 heterocycles. The van der Waals surface area contributed by atoms with E-state index >= 15 is 0 Å². The third-order valence-electron chi connectivity index (χ3n) is 1.63. The van der Waals surface area contributed by atoms with E-state index in [9.17, 15) is 8.78 Å². The van der Waals surface area contributed by atoms with Crippen molar-refractivity contribution in [1.29, 1.82) is 0 Å². The zero-order valence-corrected chi connectivity index (χ0v) is 11.4. The van der Waals surface area contributed by atoms with E-state index in [0.717, 1.165) is 0 Å². The van der Waals surface area contributed by atoms with Crippen LogP contribution in [0.3, 0.4) is 0 Å². The molecule has 17 heavy (non-hydrogen) atoms. The fourth-order valence-corrected chi connectivity index (χ4v) is 1.14. The molecule has 0 aromatic heterocycles. The van der Waals surface area contributed by atoms with Gasteiger partial charge in [0.05, 0.1) is 0 Å². The molecular weight excluding hydrogens is 301 g/mol. The molecule has 0 spiro atoms. The van der Waals surface area contributed by atoms with Gasteiger partial charge in [-0.2, -0.15) is 9.79 Å². The van der Waals surface area contributed by atoms with Crippen LogP contribution in [0.1, 0.15) is 0 Å². The Labute approximate surface area is 121 Å². The standard InChI is InChI=1S/2C6H5FS.Mn/c2*7-5-1-3-6(8)4-2-5;/h2*1-4,8H;/q;;+2/p-2. The van der Waals surface area contributed by atoms with Gasteiger partial charge >= 0.3 is 17.1 Å². The van der Waals surface area contributed by atoms with Crippen molar-refractivity contribution < 1.29 is 25.8 Å². The zero-order valence-electron chi connectivity index (χ0n) is 8.57. The van der Waals surface area contributed by atoms with Crippen LogP contribution in [0.15, 0.2) is 58.3 Å². The van der Waals surface area contributed by atoms with E-state index in [1.54, 1.807) is 24.3 Å². The van der Waals surface area contributed by atoms with Crippen LogP contribution in [0.2, 0.25) is 0 Å². The van der Waals surface area contributed by atoms with E-state index in [1.165, 1.54) is 24.3 Å². The molecule has 2 aromatic carbocycles. The summed E-state index contributed by atoms with van der Waals surface area (Å²) < 4.78 is 24.1. The Hall–Kier alpha value is -0.741. The molecule has 0 amide bonds. The maximum absolute atomic E-state index is 12.0. The Morgan fingerprint density at radius 2 is 0.824 bits per heavy atom. The summed E-state index contributed by atoms with van der Waals surface area (Å²) in [6.45, 7) is 0. The Morgan fingerprint density at radius 3 is 1.00 bits per heavy atom. The van der Waals surface area contributed by atoms with Crippen molar-refractivity contribution in [3.05, 3.63) is 60.2 Å². The average molecular weight is 309 g/mol. The zero-order chi connectivity index (χ0) is 12.0. The van der Waals surface area contributed by atoms with Crippen molar-refractivity contribution in [1.82, 2.24) is 0 Å². The minimum atomic E-state index is -0.237. The SMILES string of the molecule is Fc1ccc([S-])cc1.Fc1ccc([S-])cc1.[Mn+2]. The van der Waals surface area contributed by atoms with Gasteiger partial charge in [-0.1, -0.05) is 24.3 Å². The van der Waals surface area contributed by atoms with Crippen LogP contribution in [0.25, 0.3) is 0 Å². The third kappa shape index (κ3) is 7.23. The molecule has 5 heteroatoms. The molecule has 0 nitrogen and oxygen atoms in total. The molecule has 0 saturated heterocycles. The molecule has 0 saturated carbocycles. The van der Waals surface area contributed by atoms with E-state index in [0.29, 0.717) is 9.79 Å². The summed E-state index contributed by atoms with van der Waals surface area (Å²) in [6, 6.07) is 11.6. The van der Waals surface area contributed by atoms with E-state index in [4.69, 9.17) is 25.3 Å². The normalized spacial score (nSPS) is 8.59. The second-order valence-corrected chi connectivity index (χ2v) is 3.85. The molecule has 0 N–H and O–H groups in total. The Bertz CT molecular complexity index is 344. The predicted octanol–water partition coefficient (Wildman–Crippen LogP) is 3.46. The van der Waals surface area contributed by atoms with Crippen LogP contribution in [-0.2, 0) is 42.3 Å². The number of halogens is 2. The Balaban J connectivity index is 0.000000284. The smallest absolute Gasteiger partial charge is 0.780 e. The van der Waals surface area contributed by atoms with Crippen LogP contribution in [0.5, 0.6) is 0 Å². The van der Waals surface area contributed by atoms with Gasteiger partial charge in [-0.3, -0.25) is 0 Å². The van der Waals surface area contributed by atoms with Gasteiger partial charge < -0.3 is 25.3 Å². The topological polar surface area (TPSA) is 0 Å². The number of rotatable bonds is 0. The van der Waals surface area contributed by atoms with Gasteiger partial charge in [0.15, 0.2) is 0 Å². The summed E-state index contributed by atoms with van der Waals surface area (Å²) in [5.74, 6) is -0.475. The molecule has 1 radical (unpaired) electrons. The van der Waals surface area contributed by atoms with Crippen LogP contribution in [0.4, 0.5) is 8.78 Å². The molecule has 2 rings (SSSR count). The van der Waals surface area contributed by atoms with Crippen molar-refractivity contribution in [2.75, 3.05) is 0 Å². The van der Waals surface area contributed by atoms with E-state index in [1.807, 2.05) is 0 Å². The summed E-state index contributed by atoms with van der Waals surface area (Å²) in [6.07, 6.45) is 0. The maximum Gasteiger partial charge on any atom is 2.00 e. The van der Waals surface area contributed by atoms with Gasteiger partial charge in [-0.25, -0.2) is 8.78 Å². The van der Waals surface area contributed by atoms with Crippen molar-refractivity contribution in [2.24, 2.45) is 0 Å². The second-order valence-electron chi connectivity index (χ2n) is 2.91. The molecule has 0 atom stereocenters. The van der Waals surface area contributed by atoms with Crippen LogP contribution in [-0.4, -0.2) is 0 Å². The minimum Gasteiger partial charge on any atom is -0.780 e. The Morgan fingerprint density at radius 1 is 0.588 bits per heavy atom. The first-order valence-corrected chi connectivity index (χ1v) is 5.25. The van der Waals surface area contributed by atoms with Gasteiger partial charge in [0.1, 0.15) is 11.6 Å². The van der Waals surface area contributed by atoms with Crippen LogP contribution < -0.4 is 0 Å². The van der Waals surface area contributed by atoms with Gasteiger partial charge in [0.2, 0.25) is 0 Å². The monoisotopic (exact) mass is 309 g/mol. The Kier molecular flexibility index (Phi) is 8.00. The first-order chi connectivity index (χ1) is 7.58. The van der Waals surface area contributed by atoms with Crippen molar-refractivity contribution in [2.45, 2.75) is 9.79 Å². The maximum atomic E-state index is 12.0. The molecule has 0 aliphatic heterocycles. The molecular formula is C12H8F2MnS2. The van der Waals surface area contributed by atoms with Gasteiger partial charge in [-0.05, 0) is 24.3 Å². The fourth-order valence-electron chi connectivity index (χ4n) is 0.869. The molecule has 0 aliphatic rings. The summed E-state index contributed by atoms with van der Waals surface area (Å²) in [4.78, 5) is 1.35. The van der Waals surface area contributed by atoms with E-state index < -0.39 is 0 Å². The molecule has 0 bridgehead atoms. The van der Waals surface area contributed by atoms with Gasteiger partial charge in [-0.15, -0.1) is 0 Å². The predicted molar refractivity (Wildman–Crippen MR) is 64.1 cm³/mol. The molecule has 0 fully saturated rings. The number of hydrogen-bond donors (Lipinski definition) is 0. The molecule has 2 aromatic rings. The summed E-state index contributed by atoms with van der Waals surface area (Å²) in [5.41, 5.74) is 0. The molecule has 0 unspecified atom stereocenters. The van der Waals surface area contributed by atoms with Crippen LogP contribution in [0, 0.1) is 11.6 Å². The third-order valence-corrected chi connectivity index (χ3v) is 2.17. The van der Waals surface area contributed by atoms with Crippen LogP contribution >= 0.6 is 0 Å². The quantitative estimate of drug-likeness (QED) is 0.540. The van der Waals surface area contributed by atoms with Crippen molar-refractivity contribution in [3.63, 3.8) is 0 Å². The first kappa shape index (κ1) is 16.3. The summed E-state index contributed by atoms with van der Waals surface area (Å²) in [7, 11) is 0. The molecule has 0 aliphatic carbocycles. The summed E-state index contributed by atoms with van der Waals surface area (Å²) >= 11 is 9.41. The first-order valence-electron chi connectivity index (χ1n) is 4.43. The number of benzene rings is 2. The number of hydrogen-bond acceptors (Lipinski definition) is 2. The fraction of sp³-hybridized carbons (Fsp3) is 0. The van der Waals surface area contributed by atoms with Crippen molar-refractivity contribution >= 4 is 25.3 Å². The van der Waals surface area contributed by atoms with Crippen molar-refractivity contribution in [3.8, 4) is 0 Å². The minimum absolute atomic E-state index is 0. The van der Waals surface area contributed by atoms with Gasteiger partial charge in [0.25, 0.3) is 0 Å². The van der Waals surface area contributed by atoms with E-state index in [2.05, 4.69) is 0 Å². The summed E-state index contributed by atoms with van der Waals surface area (Å²) in [5, 5.41) is 0. The van der Waals surface area contributed by atoms with Gasteiger partial charge in [0, 0.05) is 0 Å². The molecule has 89 valence electrons. The largest absolute Gasteiger partial charge is 2.00 e. The van der Waals surface area contributed by atoms with E-state index in [-0.39, 0.29) is 28.7 Å². The second kappa shape index (κ2) is 8.36. The average Bonchev–Trinajstić information content (AvgIpc) is 2.28.